The molecule has 0 bridgehead atoms. The van der Waals surface area contributed by atoms with Crippen molar-refractivity contribution in [2.75, 3.05) is 20.3 Å². The van der Waals surface area contributed by atoms with E-state index in [1.807, 2.05) is 6.20 Å². The number of allylic oxidation sites excluding steroid dienone is 1. The molecule has 0 aliphatic carbocycles. The van der Waals surface area contributed by atoms with Gasteiger partial charge in [0.05, 0.1) is 12.6 Å². The number of rotatable bonds is 4. The van der Waals surface area contributed by atoms with Crippen molar-refractivity contribution >= 4 is 5.84 Å². The van der Waals surface area contributed by atoms with E-state index < -0.39 is 0 Å². The normalized spacial score (nSPS) is 21.6. The fourth-order valence-corrected chi connectivity index (χ4v) is 2.71. The maximum absolute atomic E-state index is 5.37. The number of ether oxygens (including phenoxy) is 1. The molecule has 0 radical (unpaired) electrons. The van der Waals surface area contributed by atoms with Crippen molar-refractivity contribution in [3.05, 3.63) is 12.3 Å². The van der Waals surface area contributed by atoms with E-state index in [9.17, 15) is 0 Å². The van der Waals surface area contributed by atoms with E-state index >= 15 is 0 Å². The quantitative estimate of drug-likeness (QED) is 0.563. The Bertz CT molecular complexity index is 372. The van der Waals surface area contributed by atoms with Crippen LogP contribution in [0.1, 0.15) is 60.8 Å². The summed E-state index contributed by atoms with van der Waals surface area (Å²) < 4.78 is 5.37. The Labute approximate surface area is 131 Å². The topological polar surface area (TPSA) is 24.8 Å². The lowest BCUT2D eigenvalue weighted by atomic mass is 9.92. The van der Waals surface area contributed by atoms with E-state index in [0.29, 0.717) is 11.5 Å². The molecule has 1 aliphatic heterocycles. The lowest BCUT2D eigenvalue weighted by molar-refractivity contribution is 0.141. The molecule has 0 aromatic carbocycles. The third-order valence-electron chi connectivity index (χ3n) is 3.71. The first-order valence-electron chi connectivity index (χ1n) is 8.14. The van der Waals surface area contributed by atoms with Crippen molar-refractivity contribution < 1.29 is 4.74 Å². The van der Waals surface area contributed by atoms with Crippen LogP contribution in [0.15, 0.2) is 17.3 Å². The molecule has 1 fully saturated rings. The minimum atomic E-state index is 0.0579. The van der Waals surface area contributed by atoms with Crippen LogP contribution in [0.3, 0.4) is 0 Å². The predicted octanol–water partition coefficient (Wildman–Crippen LogP) is 4.49. The molecule has 1 rings (SSSR count). The summed E-state index contributed by atoms with van der Waals surface area (Å²) in [6, 6.07) is 0.476. The average molecular weight is 294 g/mol. The largest absolute Gasteiger partial charge is 0.383 e. The number of hydrogen-bond acceptors (Lipinski definition) is 2. The van der Waals surface area contributed by atoms with Crippen molar-refractivity contribution in [3.63, 3.8) is 0 Å². The molecule has 0 amide bonds. The van der Waals surface area contributed by atoms with Gasteiger partial charge in [-0.25, -0.2) is 4.99 Å². The van der Waals surface area contributed by atoms with Crippen LogP contribution in [0.25, 0.3) is 0 Å². The Morgan fingerprint density at radius 1 is 1.24 bits per heavy atom. The van der Waals surface area contributed by atoms with E-state index in [0.717, 1.165) is 19.6 Å². The molecule has 21 heavy (non-hydrogen) atoms. The Morgan fingerprint density at radius 3 is 2.43 bits per heavy atom. The summed E-state index contributed by atoms with van der Waals surface area (Å²) in [5.74, 6) is 1.19. The van der Waals surface area contributed by atoms with Gasteiger partial charge >= 0.3 is 0 Å². The fraction of sp³-hybridized carbons (Fsp3) is 0.833. The molecule has 0 aromatic rings. The summed E-state index contributed by atoms with van der Waals surface area (Å²) >= 11 is 0. The standard InChI is InChI=1S/C18H34N2O/c1-17(2,3)11-9-12-19-16(18(4,5)6)20-13-8-10-15(20)14-21-7/h9,12,15H,8,10-11,13-14H2,1-7H3/b12-9+,19-16?/t15-/m0/s1. The van der Waals surface area contributed by atoms with Gasteiger partial charge in [-0.2, -0.15) is 0 Å². The van der Waals surface area contributed by atoms with Gasteiger partial charge in [0.25, 0.3) is 0 Å². The van der Waals surface area contributed by atoms with E-state index in [1.165, 1.54) is 18.7 Å². The molecular formula is C18H34N2O. The molecule has 0 saturated carbocycles. The summed E-state index contributed by atoms with van der Waals surface area (Å²) in [6.45, 7) is 15.4. The van der Waals surface area contributed by atoms with Crippen LogP contribution in [0.4, 0.5) is 0 Å². The molecule has 3 nitrogen and oxygen atoms in total. The predicted molar refractivity (Wildman–Crippen MR) is 91.7 cm³/mol. The van der Waals surface area contributed by atoms with Crippen LogP contribution in [0.2, 0.25) is 0 Å². The fourth-order valence-electron chi connectivity index (χ4n) is 2.71. The molecule has 1 saturated heterocycles. The molecule has 0 N–H and O–H groups in total. The highest BCUT2D eigenvalue weighted by molar-refractivity contribution is 5.88. The summed E-state index contributed by atoms with van der Waals surface area (Å²) in [4.78, 5) is 7.27. The number of amidine groups is 1. The zero-order valence-electron chi connectivity index (χ0n) is 15.1. The molecule has 1 atom stereocenters. The van der Waals surface area contributed by atoms with Gasteiger partial charge in [0, 0.05) is 25.3 Å². The van der Waals surface area contributed by atoms with Gasteiger partial charge in [-0.15, -0.1) is 0 Å². The SMILES string of the molecule is COC[C@@H]1CCCN1C(=N/C=C/CC(C)(C)C)C(C)(C)C. The second kappa shape index (κ2) is 7.44. The van der Waals surface area contributed by atoms with Crippen LogP contribution in [-0.4, -0.2) is 37.0 Å². The third kappa shape index (κ3) is 6.21. The van der Waals surface area contributed by atoms with Gasteiger partial charge in [0.1, 0.15) is 5.84 Å². The highest BCUT2D eigenvalue weighted by Crippen LogP contribution is 2.27. The van der Waals surface area contributed by atoms with Crippen LogP contribution in [0.5, 0.6) is 0 Å². The molecule has 1 heterocycles. The van der Waals surface area contributed by atoms with Crippen LogP contribution >= 0.6 is 0 Å². The second-order valence-electron chi connectivity index (χ2n) is 8.30. The van der Waals surface area contributed by atoms with E-state index in [2.05, 4.69) is 52.5 Å². The summed E-state index contributed by atoms with van der Waals surface area (Å²) in [7, 11) is 1.79. The molecule has 3 heteroatoms. The Morgan fingerprint density at radius 2 is 1.90 bits per heavy atom. The van der Waals surface area contributed by atoms with Gasteiger partial charge < -0.3 is 9.64 Å². The lowest BCUT2D eigenvalue weighted by Crippen LogP contribution is -2.44. The van der Waals surface area contributed by atoms with Gasteiger partial charge in [-0.05, 0) is 24.7 Å². The van der Waals surface area contributed by atoms with Crippen molar-refractivity contribution in [2.24, 2.45) is 15.8 Å². The summed E-state index contributed by atoms with van der Waals surface area (Å²) in [5.41, 5.74) is 0.378. The first-order valence-corrected chi connectivity index (χ1v) is 8.14. The minimum absolute atomic E-state index is 0.0579. The summed E-state index contributed by atoms with van der Waals surface area (Å²) in [5, 5.41) is 0. The highest BCUT2D eigenvalue weighted by Gasteiger charge is 2.32. The van der Waals surface area contributed by atoms with Gasteiger partial charge in [-0.3, -0.25) is 0 Å². The molecular weight excluding hydrogens is 260 g/mol. The number of methoxy groups -OCH3 is 1. The molecule has 0 unspecified atom stereocenters. The van der Waals surface area contributed by atoms with Crippen molar-refractivity contribution in [1.82, 2.24) is 4.90 Å². The smallest absolute Gasteiger partial charge is 0.110 e. The average Bonchev–Trinajstić information content (AvgIpc) is 2.74. The minimum Gasteiger partial charge on any atom is -0.383 e. The van der Waals surface area contributed by atoms with Crippen LogP contribution in [-0.2, 0) is 4.74 Å². The van der Waals surface area contributed by atoms with E-state index in [4.69, 9.17) is 9.73 Å². The summed E-state index contributed by atoms with van der Waals surface area (Å²) in [6.07, 6.45) is 7.67. The van der Waals surface area contributed by atoms with Gasteiger partial charge in [-0.1, -0.05) is 47.6 Å². The molecule has 0 aromatic heterocycles. The van der Waals surface area contributed by atoms with Crippen molar-refractivity contribution in [2.45, 2.75) is 66.8 Å². The molecule has 0 spiro atoms. The number of hydrogen-bond donors (Lipinski definition) is 0. The zero-order valence-corrected chi connectivity index (χ0v) is 15.1. The Hall–Kier alpha value is -0.830. The maximum Gasteiger partial charge on any atom is 0.110 e. The Kier molecular flexibility index (Phi) is 6.45. The number of likely N-dealkylation sites (tertiary alicyclic amines) is 1. The third-order valence-corrected chi connectivity index (χ3v) is 3.71. The molecule has 1 aliphatic rings. The van der Waals surface area contributed by atoms with Crippen LogP contribution < -0.4 is 0 Å². The Balaban J connectivity index is 2.86. The van der Waals surface area contributed by atoms with Crippen LogP contribution in [0, 0.1) is 10.8 Å². The zero-order chi connectivity index (χ0) is 16.1. The monoisotopic (exact) mass is 294 g/mol. The second-order valence-corrected chi connectivity index (χ2v) is 8.30. The van der Waals surface area contributed by atoms with Crippen molar-refractivity contribution in [1.29, 1.82) is 0 Å². The lowest BCUT2D eigenvalue weighted by Gasteiger charge is -2.34. The van der Waals surface area contributed by atoms with Gasteiger partial charge in [0.2, 0.25) is 0 Å². The maximum atomic E-state index is 5.37. The molecule has 122 valence electrons. The van der Waals surface area contributed by atoms with Crippen molar-refractivity contribution in [3.8, 4) is 0 Å². The number of nitrogens with zero attached hydrogens (tertiary/aromatic N) is 2. The number of aliphatic imine (C=N–C) groups is 1. The highest BCUT2D eigenvalue weighted by atomic mass is 16.5. The van der Waals surface area contributed by atoms with E-state index in [-0.39, 0.29) is 5.41 Å². The van der Waals surface area contributed by atoms with Gasteiger partial charge in [0.15, 0.2) is 0 Å². The first kappa shape index (κ1) is 18.2. The first-order chi connectivity index (χ1) is 9.65. The van der Waals surface area contributed by atoms with E-state index in [1.54, 1.807) is 7.11 Å².